The monoisotopic (exact) mass is 251 g/mol. The van der Waals surface area contributed by atoms with E-state index >= 15 is 0 Å². The van der Waals surface area contributed by atoms with Gasteiger partial charge in [-0.3, -0.25) is 9.89 Å². The molecule has 1 aromatic carbocycles. The Labute approximate surface area is 104 Å². The first-order chi connectivity index (χ1) is 8.33. The number of hydrogen-bond donors (Lipinski definition) is 2. The van der Waals surface area contributed by atoms with Gasteiger partial charge in [0.15, 0.2) is 5.69 Å². The molecule has 1 aromatic heterocycles. The number of rotatable bonds is 5. The number of aromatic nitrogens is 2. The van der Waals surface area contributed by atoms with Crippen LogP contribution in [0, 0.1) is 0 Å². The summed E-state index contributed by atoms with van der Waals surface area (Å²) in [5.41, 5.74) is 1.32. The third-order valence-corrected chi connectivity index (χ3v) is 2.80. The van der Waals surface area contributed by atoms with Crippen molar-refractivity contribution < 1.29 is 4.79 Å². The zero-order chi connectivity index (χ0) is 12.1. The first-order valence-electron chi connectivity index (χ1n) is 5.60. The van der Waals surface area contributed by atoms with Gasteiger partial charge in [0.1, 0.15) is 0 Å². The summed E-state index contributed by atoms with van der Waals surface area (Å²) < 4.78 is 0. The molecule has 0 atom stereocenters. The lowest BCUT2D eigenvalue weighted by molar-refractivity contribution is 0.0950. The Morgan fingerprint density at radius 2 is 2.18 bits per heavy atom. The molecule has 0 spiro atoms. The van der Waals surface area contributed by atoms with E-state index < -0.39 is 0 Å². The first-order valence-corrected chi connectivity index (χ1v) is 6.13. The molecule has 5 heteroatoms. The second kappa shape index (κ2) is 5.68. The molecule has 0 saturated heterocycles. The Bertz CT molecular complexity index is 509. The molecular weight excluding hydrogens is 238 g/mol. The van der Waals surface area contributed by atoms with Crippen LogP contribution in [0.25, 0.3) is 10.9 Å². The molecule has 0 bridgehead atoms. The third-order valence-electron chi connectivity index (χ3n) is 2.53. The van der Waals surface area contributed by atoms with E-state index in [1.807, 2.05) is 24.3 Å². The maximum Gasteiger partial charge on any atom is 0.272 e. The first kappa shape index (κ1) is 11.9. The van der Waals surface area contributed by atoms with Crippen LogP contribution in [0.15, 0.2) is 24.3 Å². The van der Waals surface area contributed by atoms with E-state index in [-0.39, 0.29) is 5.91 Å². The number of carbonyl (C=O) groups excluding carboxylic acids is 1. The second-order valence-corrected chi connectivity index (χ2v) is 4.15. The van der Waals surface area contributed by atoms with Gasteiger partial charge in [-0.25, -0.2) is 0 Å². The SMILES string of the molecule is O=C(NCCCCCl)c1n[nH]c2ccccc12. The third kappa shape index (κ3) is 2.77. The minimum Gasteiger partial charge on any atom is -0.351 e. The van der Waals surface area contributed by atoms with Gasteiger partial charge in [0.2, 0.25) is 0 Å². The topological polar surface area (TPSA) is 57.8 Å². The fraction of sp³-hybridized carbons (Fsp3) is 0.333. The lowest BCUT2D eigenvalue weighted by atomic mass is 10.2. The summed E-state index contributed by atoms with van der Waals surface area (Å²) >= 11 is 5.56. The Kier molecular flexibility index (Phi) is 3.98. The van der Waals surface area contributed by atoms with E-state index in [0.29, 0.717) is 18.1 Å². The molecule has 0 aliphatic rings. The van der Waals surface area contributed by atoms with Gasteiger partial charge >= 0.3 is 0 Å². The van der Waals surface area contributed by atoms with Gasteiger partial charge in [0.25, 0.3) is 5.91 Å². The molecule has 2 aromatic rings. The Hall–Kier alpha value is -1.55. The van der Waals surface area contributed by atoms with Crippen LogP contribution in [0.4, 0.5) is 0 Å². The average Bonchev–Trinajstić information content (AvgIpc) is 2.78. The van der Waals surface area contributed by atoms with Crippen LogP contribution in [0.5, 0.6) is 0 Å². The molecular formula is C12H14ClN3O. The number of halogens is 1. The number of unbranched alkanes of at least 4 members (excludes halogenated alkanes) is 1. The van der Waals surface area contributed by atoms with Crippen molar-refractivity contribution in [2.45, 2.75) is 12.8 Å². The molecule has 0 radical (unpaired) electrons. The highest BCUT2D eigenvalue weighted by Crippen LogP contribution is 2.14. The second-order valence-electron chi connectivity index (χ2n) is 3.77. The van der Waals surface area contributed by atoms with Crippen LogP contribution < -0.4 is 5.32 Å². The summed E-state index contributed by atoms with van der Waals surface area (Å²) in [5.74, 6) is 0.485. The molecule has 1 amide bonds. The van der Waals surface area contributed by atoms with Gasteiger partial charge in [-0.2, -0.15) is 5.10 Å². The number of nitrogens with zero attached hydrogens (tertiary/aromatic N) is 1. The number of aromatic amines is 1. The number of para-hydroxylation sites is 1. The lowest BCUT2D eigenvalue weighted by Crippen LogP contribution is -2.25. The Morgan fingerprint density at radius 3 is 3.00 bits per heavy atom. The van der Waals surface area contributed by atoms with Crippen molar-refractivity contribution in [3.05, 3.63) is 30.0 Å². The fourth-order valence-electron chi connectivity index (χ4n) is 1.64. The van der Waals surface area contributed by atoms with Crippen LogP contribution in [-0.4, -0.2) is 28.5 Å². The zero-order valence-electron chi connectivity index (χ0n) is 9.37. The van der Waals surface area contributed by atoms with Gasteiger partial charge in [0.05, 0.1) is 5.52 Å². The Balaban J connectivity index is 2.04. The van der Waals surface area contributed by atoms with Crippen molar-refractivity contribution in [3.8, 4) is 0 Å². The molecule has 2 N–H and O–H groups in total. The summed E-state index contributed by atoms with van der Waals surface area (Å²) in [7, 11) is 0. The average molecular weight is 252 g/mol. The van der Waals surface area contributed by atoms with E-state index in [2.05, 4.69) is 15.5 Å². The molecule has 0 fully saturated rings. The largest absolute Gasteiger partial charge is 0.351 e. The van der Waals surface area contributed by atoms with E-state index in [1.54, 1.807) is 0 Å². The molecule has 90 valence electrons. The predicted molar refractivity (Wildman–Crippen MR) is 68.4 cm³/mol. The predicted octanol–water partition coefficient (Wildman–Crippen LogP) is 2.31. The van der Waals surface area contributed by atoms with E-state index in [9.17, 15) is 4.79 Å². The minimum absolute atomic E-state index is 0.142. The van der Waals surface area contributed by atoms with Crippen molar-refractivity contribution >= 4 is 28.4 Å². The van der Waals surface area contributed by atoms with Crippen LogP contribution in [0.1, 0.15) is 23.3 Å². The maximum atomic E-state index is 11.9. The molecule has 0 aliphatic heterocycles. The van der Waals surface area contributed by atoms with Crippen LogP contribution in [-0.2, 0) is 0 Å². The number of fused-ring (bicyclic) bond motifs is 1. The van der Waals surface area contributed by atoms with Crippen molar-refractivity contribution in [1.82, 2.24) is 15.5 Å². The van der Waals surface area contributed by atoms with Gasteiger partial charge in [-0.15, -0.1) is 11.6 Å². The van der Waals surface area contributed by atoms with E-state index in [1.165, 1.54) is 0 Å². The van der Waals surface area contributed by atoms with Crippen molar-refractivity contribution in [2.24, 2.45) is 0 Å². The van der Waals surface area contributed by atoms with Gasteiger partial charge in [0, 0.05) is 17.8 Å². The summed E-state index contributed by atoms with van der Waals surface area (Å²) in [6.45, 7) is 0.632. The van der Waals surface area contributed by atoms with Crippen LogP contribution in [0.3, 0.4) is 0 Å². The summed E-state index contributed by atoms with van der Waals surface area (Å²) in [4.78, 5) is 11.9. The number of hydrogen-bond acceptors (Lipinski definition) is 2. The molecule has 4 nitrogen and oxygen atoms in total. The molecule has 0 aliphatic carbocycles. The molecule has 0 unspecified atom stereocenters. The number of nitrogens with one attached hydrogen (secondary N) is 2. The quantitative estimate of drug-likeness (QED) is 0.633. The minimum atomic E-state index is -0.142. The molecule has 17 heavy (non-hydrogen) atoms. The van der Waals surface area contributed by atoms with Gasteiger partial charge < -0.3 is 5.32 Å². The highest BCUT2D eigenvalue weighted by Gasteiger charge is 2.12. The van der Waals surface area contributed by atoms with E-state index in [0.717, 1.165) is 23.7 Å². The highest BCUT2D eigenvalue weighted by molar-refractivity contribution is 6.17. The molecule has 1 heterocycles. The molecule has 2 rings (SSSR count). The number of benzene rings is 1. The van der Waals surface area contributed by atoms with Crippen molar-refractivity contribution in [2.75, 3.05) is 12.4 Å². The van der Waals surface area contributed by atoms with Gasteiger partial charge in [-0.05, 0) is 18.9 Å². The lowest BCUT2D eigenvalue weighted by Gasteiger charge is -2.01. The van der Waals surface area contributed by atoms with Crippen LogP contribution >= 0.6 is 11.6 Å². The zero-order valence-corrected chi connectivity index (χ0v) is 10.1. The number of carbonyl (C=O) groups is 1. The number of alkyl halides is 1. The van der Waals surface area contributed by atoms with E-state index in [4.69, 9.17) is 11.6 Å². The van der Waals surface area contributed by atoms with Gasteiger partial charge in [-0.1, -0.05) is 18.2 Å². The van der Waals surface area contributed by atoms with Crippen molar-refractivity contribution in [3.63, 3.8) is 0 Å². The maximum absolute atomic E-state index is 11.9. The fourth-order valence-corrected chi connectivity index (χ4v) is 1.83. The number of H-pyrrole nitrogens is 1. The van der Waals surface area contributed by atoms with Crippen LogP contribution in [0.2, 0.25) is 0 Å². The number of amides is 1. The Morgan fingerprint density at radius 1 is 1.35 bits per heavy atom. The summed E-state index contributed by atoms with van der Waals surface area (Å²) in [6, 6.07) is 7.57. The normalized spacial score (nSPS) is 10.6. The molecule has 0 saturated carbocycles. The standard InChI is InChI=1S/C12H14ClN3O/c13-7-3-4-8-14-12(17)11-9-5-1-2-6-10(9)15-16-11/h1-2,5-6H,3-4,7-8H2,(H,14,17)(H,15,16). The summed E-state index contributed by atoms with van der Waals surface area (Å²) in [6.07, 6.45) is 1.79. The van der Waals surface area contributed by atoms with Crippen molar-refractivity contribution in [1.29, 1.82) is 0 Å². The highest BCUT2D eigenvalue weighted by atomic mass is 35.5. The smallest absolute Gasteiger partial charge is 0.272 e. The summed E-state index contributed by atoms with van der Waals surface area (Å²) in [5, 5.41) is 10.6.